The summed E-state index contributed by atoms with van der Waals surface area (Å²) in [6, 6.07) is 1.13. The Bertz CT molecular complexity index is 302. The molecule has 4 heteroatoms. The molecule has 1 aliphatic heterocycles. The van der Waals surface area contributed by atoms with E-state index in [2.05, 4.69) is 37.9 Å². The van der Waals surface area contributed by atoms with E-state index in [1.54, 1.807) is 4.90 Å². The molecule has 1 rings (SSSR count). The number of carbonyl (C=O) groups is 1. The van der Waals surface area contributed by atoms with Gasteiger partial charge in [0.2, 0.25) is 5.91 Å². The third-order valence-corrected chi connectivity index (χ3v) is 4.07. The maximum atomic E-state index is 11.9. The van der Waals surface area contributed by atoms with Crippen molar-refractivity contribution in [3.63, 3.8) is 0 Å². The molecule has 2 atom stereocenters. The Labute approximate surface area is 124 Å². The van der Waals surface area contributed by atoms with E-state index in [0.29, 0.717) is 18.0 Å². The summed E-state index contributed by atoms with van der Waals surface area (Å²) in [5, 5.41) is 3.50. The van der Waals surface area contributed by atoms with E-state index < -0.39 is 0 Å². The SMILES string of the molecule is CC(C)CN(CCC1CCC(C(=O)N(C)C)N1)C(C)C. The Kier molecular flexibility index (Phi) is 6.96. The van der Waals surface area contributed by atoms with E-state index in [1.165, 1.54) is 0 Å². The number of carbonyl (C=O) groups excluding carboxylic acids is 1. The molecule has 0 aromatic carbocycles. The summed E-state index contributed by atoms with van der Waals surface area (Å²) >= 11 is 0. The van der Waals surface area contributed by atoms with Gasteiger partial charge < -0.3 is 15.1 Å². The van der Waals surface area contributed by atoms with Crippen molar-refractivity contribution < 1.29 is 4.79 Å². The van der Waals surface area contributed by atoms with Gasteiger partial charge in [-0.15, -0.1) is 0 Å². The number of likely N-dealkylation sites (N-methyl/N-ethyl adjacent to an activating group) is 1. The topological polar surface area (TPSA) is 35.6 Å². The minimum atomic E-state index is 0.0348. The zero-order chi connectivity index (χ0) is 15.3. The smallest absolute Gasteiger partial charge is 0.239 e. The lowest BCUT2D eigenvalue weighted by molar-refractivity contribution is -0.130. The summed E-state index contributed by atoms with van der Waals surface area (Å²) in [7, 11) is 3.67. The Morgan fingerprint density at radius 1 is 1.20 bits per heavy atom. The van der Waals surface area contributed by atoms with Crippen molar-refractivity contribution in [3.8, 4) is 0 Å². The number of nitrogens with zero attached hydrogens (tertiary/aromatic N) is 2. The predicted octanol–water partition coefficient (Wildman–Crippen LogP) is 1.95. The maximum Gasteiger partial charge on any atom is 0.239 e. The van der Waals surface area contributed by atoms with Crippen LogP contribution in [-0.4, -0.2) is 61.0 Å². The van der Waals surface area contributed by atoms with E-state index in [-0.39, 0.29) is 11.9 Å². The molecule has 0 aliphatic carbocycles. The number of hydrogen-bond acceptors (Lipinski definition) is 3. The highest BCUT2D eigenvalue weighted by molar-refractivity contribution is 5.81. The largest absolute Gasteiger partial charge is 0.347 e. The van der Waals surface area contributed by atoms with Crippen molar-refractivity contribution in [1.82, 2.24) is 15.1 Å². The molecule has 1 aliphatic rings. The Hall–Kier alpha value is -0.610. The fraction of sp³-hybridized carbons (Fsp3) is 0.938. The maximum absolute atomic E-state index is 11.9. The first kappa shape index (κ1) is 17.4. The minimum absolute atomic E-state index is 0.0348. The molecule has 0 bridgehead atoms. The van der Waals surface area contributed by atoms with Gasteiger partial charge in [0.25, 0.3) is 0 Å². The normalized spacial score (nSPS) is 23.1. The van der Waals surface area contributed by atoms with Crippen LogP contribution < -0.4 is 5.32 Å². The summed E-state index contributed by atoms with van der Waals surface area (Å²) in [4.78, 5) is 16.2. The standard InChI is InChI=1S/C16H33N3O/c1-12(2)11-19(13(3)4)10-9-14-7-8-15(17-14)16(20)18(5)6/h12-15,17H,7-11H2,1-6H3. The molecule has 118 valence electrons. The third kappa shape index (κ3) is 5.41. The average Bonchev–Trinajstić information content (AvgIpc) is 2.81. The first-order valence-corrected chi connectivity index (χ1v) is 8.02. The van der Waals surface area contributed by atoms with Gasteiger partial charge in [0.15, 0.2) is 0 Å². The second-order valence-corrected chi connectivity index (χ2v) is 7.00. The van der Waals surface area contributed by atoms with Crippen LogP contribution in [-0.2, 0) is 4.79 Å². The lowest BCUT2D eigenvalue weighted by Crippen LogP contribution is -2.43. The zero-order valence-corrected chi connectivity index (χ0v) is 14.1. The average molecular weight is 283 g/mol. The molecule has 0 aromatic rings. The van der Waals surface area contributed by atoms with Crippen LogP contribution in [0.2, 0.25) is 0 Å². The number of hydrogen-bond donors (Lipinski definition) is 1. The zero-order valence-electron chi connectivity index (χ0n) is 14.1. The molecule has 0 spiro atoms. The van der Waals surface area contributed by atoms with Gasteiger partial charge in [-0.25, -0.2) is 0 Å². The molecule has 1 amide bonds. The second kappa shape index (κ2) is 7.99. The summed E-state index contributed by atoms with van der Waals surface area (Å²) < 4.78 is 0. The van der Waals surface area contributed by atoms with Crippen LogP contribution >= 0.6 is 0 Å². The van der Waals surface area contributed by atoms with Gasteiger partial charge in [0.1, 0.15) is 0 Å². The Balaban J connectivity index is 2.37. The van der Waals surface area contributed by atoms with Gasteiger partial charge in [-0.1, -0.05) is 13.8 Å². The summed E-state index contributed by atoms with van der Waals surface area (Å²) in [5.74, 6) is 0.924. The Morgan fingerprint density at radius 2 is 1.85 bits per heavy atom. The van der Waals surface area contributed by atoms with Crippen LogP contribution in [0.3, 0.4) is 0 Å². The molecule has 1 heterocycles. The number of nitrogens with one attached hydrogen (secondary N) is 1. The van der Waals surface area contributed by atoms with Gasteiger partial charge in [-0.2, -0.15) is 0 Å². The molecule has 4 nitrogen and oxygen atoms in total. The molecule has 0 aromatic heterocycles. The minimum Gasteiger partial charge on any atom is -0.347 e. The van der Waals surface area contributed by atoms with Crippen LogP contribution in [0, 0.1) is 5.92 Å². The highest BCUT2D eigenvalue weighted by Crippen LogP contribution is 2.17. The fourth-order valence-electron chi connectivity index (χ4n) is 2.90. The van der Waals surface area contributed by atoms with E-state index in [1.807, 2.05) is 14.1 Å². The van der Waals surface area contributed by atoms with Crippen molar-refractivity contribution in [3.05, 3.63) is 0 Å². The monoisotopic (exact) mass is 283 g/mol. The van der Waals surface area contributed by atoms with Crippen LogP contribution in [0.5, 0.6) is 0 Å². The highest BCUT2D eigenvalue weighted by Gasteiger charge is 2.30. The van der Waals surface area contributed by atoms with Crippen LogP contribution in [0.25, 0.3) is 0 Å². The Morgan fingerprint density at radius 3 is 2.35 bits per heavy atom. The molecular weight excluding hydrogens is 250 g/mol. The van der Waals surface area contributed by atoms with Gasteiger partial charge in [0, 0.05) is 32.7 Å². The lowest BCUT2D eigenvalue weighted by Gasteiger charge is -2.29. The highest BCUT2D eigenvalue weighted by atomic mass is 16.2. The van der Waals surface area contributed by atoms with Gasteiger partial charge in [0.05, 0.1) is 6.04 Å². The van der Waals surface area contributed by atoms with Crippen molar-refractivity contribution in [2.45, 2.75) is 65.1 Å². The first-order chi connectivity index (χ1) is 9.31. The van der Waals surface area contributed by atoms with E-state index in [4.69, 9.17) is 0 Å². The third-order valence-electron chi connectivity index (χ3n) is 4.07. The van der Waals surface area contributed by atoms with Crippen LogP contribution in [0.4, 0.5) is 0 Å². The molecule has 0 radical (unpaired) electrons. The molecule has 2 unspecified atom stereocenters. The van der Waals surface area contributed by atoms with Crippen LogP contribution in [0.1, 0.15) is 47.0 Å². The van der Waals surface area contributed by atoms with Crippen molar-refractivity contribution in [2.24, 2.45) is 5.92 Å². The summed E-state index contributed by atoms with van der Waals surface area (Å²) in [6.45, 7) is 11.4. The van der Waals surface area contributed by atoms with Crippen molar-refractivity contribution in [1.29, 1.82) is 0 Å². The number of amides is 1. The summed E-state index contributed by atoms with van der Waals surface area (Å²) in [6.07, 6.45) is 3.24. The van der Waals surface area contributed by atoms with E-state index in [9.17, 15) is 4.79 Å². The van der Waals surface area contributed by atoms with Gasteiger partial charge in [-0.05, 0) is 45.6 Å². The molecule has 20 heavy (non-hydrogen) atoms. The quantitative estimate of drug-likeness (QED) is 0.776. The van der Waals surface area contributed by atoms with E-state index in [0.717, 1.165) is 32.4 Å². The lowest BCUT2D eigenvalue weighted by atomic mass is 10.1. The fourth-order valence-corrected chi connectivity index (χ4v) is 2.90. The van der Waals surface area contributed by atoms with Crippen LogP contribution in [0.15, 0.2) is 0 Å². The molecule has 0 saturated carbocycles. The van der Waals surface area contributed by atoms with E-state index >= 15 is 0 Å². The predicted molar refractivity (Wildman–Crippen MR) is 84.8 cm³/mol. The molecule has 1 N–H and O–H groups in total. The number of rotatable bonds is 7. The van der Waals surface area contributed by atoms with Gasteiger partial charge in [-0.3, -0.25) is 4.79 Å². The van der Waals surface area contributed by atoms with Crippen molar-refractivity contribution in [2.75, 3.05) is 27.2 Å². The molecule has 1 fully saturated rings. The summed E-state index contributed by atoms with van der Waals surface area (Å²) in [5.41, 5.74) is 0. The van der Waals surface area contributed by atoms with Gasteiger partial charge >= 0.3 is 0 Å². The first-order valence-electron chi connectivity index (χ1n) is 8.02. The molecular formula is C16H33N3O. The second-order valence-electron chi connectivity index (χ2n) is 7.00. The molecule has 1 saturated heterocycles. The van der Waals surface area contributed by atoms with Crippen molar-refractivity contribution >= 4 is 5.91 Å².